The van der Waals surface area contributed by atoms with Crippen molar-refractivity contribution in [1.82, 2.24) is 10.3 Å². The van der Waals surface area contributed by atoms with Crippen molar-refractivity contribution in [2.45, 2.75) is 19.3 Å². The van der Waals surface area contributed by atoms with E-state index in [2.05, 4.69) is 29.5 Å². The van der Waals surface area contributed by atoms with Crippen molar-refractivity contribution in [3.63, 3.8) is 0 Å². The van der Waals surface area contributed by atoms with Gasteiger partial charge >= 0.3 is 6.03 Å². The molecule has 0 spiro atoms. The highest BCUT2D eigenvalue weighted by Crippen LogP contribution is 2.34. The molecule has 0 aliphatic heterocycles. The summed E-state index contributed by atoms with van der Waals surface area (Å²) in [6.45, 7) is 4.21. The van der Waals surface area contributed by atoms with Crippen molar-refractivity contribution in [2.24, 2.45) is 0 Å². The first-order valence-corrected chi connectivity index (χ1v) is 7.44. The molecule has 0 fully saturated rings. The zero-order valence-electron chi connectivity index (χ0n) is 12.6. The lowest BCUT2D eigenvalue weighted by Gasteiger charge is -2.23. The lowest BCUT2D eigenvalue weighted by Crippen LogP contribution is -2.25. The molecule has 1 aromatic heterocycles. The van der Waals surface area contributed by atoms with E-state index in [1.165, 1.54) is 11.3 Å². The van der Waals surface area contributed by atoms with Crippen molar-refractivity contribution in [3.05, 3.63) is 40.9 Å². The van der Waals surface area contributed by atoms with E-state index in [4.69, 9.17) is 4.74 Å². The van der Waals surface area contributed by atoms with E-state index in [1.54, 1.807) is 14.2 Å². The third-order valence-electron chi connectivity index (χ3n) is 3.40. The number of carbonyl (C=O) groups is 1. The molecule has 112 valence electrons. The number of hydrogen-bond acceptors (Lipinski definition) is 4. The molecule has 0 saturated heterocycles. The van der Waals surface area contributed by atoms with Crippen LogP contribution in [-0.4, -0.2) is 25.2 Å². The number of nitrogens with one attached hydrogen (secondary N) is 2. The van der Waals surface area contributed by atoms with E-state index in [-0.39, 0.29) is 11.4 Å². The van der Waals surface area contributed by atoms with E-state index in [9.17, 15) is 4.79 Å². The summed E-state index contributed by atoms with van der Waals surface area (Å²) in [4.78, 5) is 15.8. The molecule has 0 bridgehead atoms. The van der Waals surface area contributed by atoms with Crippen LogP contribution in [0.15, 0.2) is 29.6 Å². The van der Waals surface area contributed by atoms with Crippen LogP contribution in [0.4, 0.5) is 9.93 Å². The highest BCUT2D eigenvalue weighted by atomic mass is 32.1. The second-order valence-electron chi connectivity index (χ2n) is 5.10. The van der Waals surface area contributed by atoms with Crippen LogP contribution in [0, 0.1) is 0 Å². The number of nitrogens with zero attached hydrogens (tertiary/aromatic N) is 1. The Kier molecular flexibility index (Phi) is 4.47. The maximum absolute atomic E-state index is 11.3. The number of urea groups is 1. The smallest absolute Gasteiger partial charge is 0.320 e. The number of hydrogen-bond donors (Lipinski definition) is 2. The van der Waals surface area contributed by atoms with Crippen LogP contribution >= 0.6 is 11.3 Å². The van der Waals surface area contributed by atoms with Crippen LogP contribution < -0.4 is 15.4 Å². The number of amides is 2. The minimum atomic E-state index is -0.266. The van der Waals surface area contributed by atoms with Gasteiger partial charge in [0, 0.05) is 17.8 Å². The second-order valence-corrected chi connectivity index (χ2v) is 5.95. The van der Waals surface area contributed by atoms with Crippen molar-refractivity contribution >= 4 is 22.5 Å². The molecule has 21 heavy (non-hydrogen) atoms. The summed E-state index contributed by atoms with van der Waals surface area (Å²) >= 11 is 1.41. The third kappa shape index (κ3) is 3.33. The molecule has 2 aromatic rings. The minimum Gasteiger partial charge on any atom is -0.497 e. The topological polar surface area (TPSA) is 63.2 Å². The number of thiazole rings is 1. The summed E-state index contributed by atoms with van der Waals surface area (Å²) in [5.74, 6) is 0.829. The van der Waals surface area contributed by atoms with Gasteiger partial charge in [0.1, 0.15) is 5.75 Å². The molecule has 2 N–H and O–H groups in total. The SMILES string of the molecule is CNC(=O)Nc1nc(C(C)(C)c2ccc(OC)cc2)cs1. The molecule has 0 radical (unpaired) electrons. The molecule has 5 nitrogen and oxygen atoms in total. The highest BCUT2D eigenvalue weighted by Gasteiger charge is 2.26. The number of ether oxygens (including phenoxy) is 1. The van der Waals surface area contributed by atoms with Crippen LogP contribution in [0.25, 0.3) is 0 Å². The number of methoxy groups -OCH3 is 1. The molecule has 2 rings (SSSR count). The van der Waals surface area contributed by atoms with E-state index < -0.39 is 0 Å². The fourth-order valence-electron chi connectivity index (χ4n) is 1.93. The van der Waals surface area contributed by atoms with Gasteiger partial charge in [-0.2, -0.15) is 0 Å². The summed E-state index contributed by atoms with van der Waals surface area (Å²) in [7, 11) is 3.22. The van der Waals surface area contributed by atoms with E-state index in [1.807, 2.05) is 29.6 Å². The Bertz CT molecular complexity index is 620. The summed E-state index contributed by atoms with van der Waals surface area (Å²) in [5.41, 5.74) is 1.81. The summed E-state index contributed by atoms with van der Waals surface area (Å²) in [6.07, 6.45) is 0. The van der Waals surface area contributed by atoms with Gasteiger partial charge in [-0.15, -0.1) is 11.3 Å². The van der Waals surface area contributed by atoms with Gasteiger partial charge in [-0.05, 0) is 17.7 Å². The third-order valence-corrected chi connectivity index (χ3v) is 4.16. The zero-order chi connectivity index (χ0) is 15.5. The minimum absolute atomic E-state index is 0.245. The van der Waals surface area contributed by atoms with E-state index >= 15 is 0 Å². The Balaban J connectivity index is 2.23. The van der Waals surface area contributed by atoms with E-state index in [0.717, 1.165) is 17.0 Å². The maximum Gasteiger partial charge on any atom is 0.320 e. The Labute approximate surface area is 128 Å². The second kappa shape index (κ2) is 6.13. The van der Waals surface area contributed by atoms with Gasteiger partial charge in [0.15, 0.2) is 5.13 Å². The van der Waals surface area contributed by atoms with Crippen LogP contribution in [0.5, 0.6) is 5.75 Å². The molecule has 1 heterocycles. The number of anilines is 1. The van der Waals surface area contributed by atoms with Gasteiger partial charge in [0.2, 0.25) is 0 Å². The molecule has 0 aliphatic carbocycles. The summed E-state index contributed by atoms with van der Waals surface area (Å²) in [5, 5.41) is 7.76. The average molecular weight is 305 g/mol. The van der Waals surface area contributed by atoms with Crippen molar-refractivity contribution in [3.8, 4) is 5.75 Å². The van der Waals surface area contributed by atoms with Gasteiger partial charge in [0.25, 0.3) is 0 Å². The lowest BCUT2D eigenvalue weighted by molar-refractivity contribution is 0.254. The first-order chi connectivity index (χ1) is 9.97. The fraction of sp³-hybridized carbons (Fsp3) is 0.333. The molecular formula is C15H19N3O2S. The Morgan fingerprint density at radius 1 is 1.29 bits per heavy atom. The molecule has 1 aromatic carbocycles. The van der Waals surface area contributed by atoms with Gasteiger partial charge in [-0.1, -0.05) is 26.0 Å². The van der Waals surface area contributed by atoms with Crippen molar-refractivity contribution in [1.29, 1.82) is 0 Å². The Morgan fingerprint density at radius 3 is 2.52 bits per heavy atom. The molecule has 0 saturated carbocycles. The number of rotatable bonds is 4. The fourth-order valence-corrected chi connectivity index (χ4v) is 2.81. The normalized spacial score (nSPS) is 11.0. The van der Waals surface area contributed by atoms with Crippen molar-refractivity contribution in [2.75, 3.05) is 19.5 Å². The van der Waals surface area contributed by atoms with E-state index in [0.29, 0.717) is 5.13 Å². The van der Waals surface area contributed by atoms with Crippen LogP contribution in [0.3, 0.4) is 0 Å². The largest absolute Gasteiger partial charge is 0.497 e. The predicted molar refractivity (Wildman–Crippen MR) is 85.3 cm³/mol. The molecule has 2 amide bonds. The lowest BCUT2D eigenvalue weighted by atomic mass is 9.82. The highest BCUT2D eigenvalue weighted by molar-refractivity contribution is 7.13. The molecule has 6 heteroatoms. The Hall–Kier alpha value is -2.08. The first kappa shape index (κ1) is 15.3. The molecule has 0 unspecified atom stereocenters. The zero-order valence-corrected chi connectivity index (χ0v) is 13.4. The summed E-state index contributed by atoms with van der Waals surface area (Å²) < 4.78 is 5.18. The van der Waals surface area contributed by atoms with Gasteiger partial charge < -0.3 is 10.1 Å². The van der Waals surface area contributed by atoms with Gasteiger partial charge in [-0.3, -0.25) is 5.32 Å². The average Bonchev–Trinajstić information content (AvgIpc) is 2.96. The molecular weight excluding hydrogens is 286 g/mol. The Morgan fingerprint density at radius 2 is 1.95 bits per heavy atom. The summed E-state index contributed by atoms with van der Waals surface area (Å²) in [6, 6.07) is 7.67. The predicted octanol–water partition coefficient (Wildman–Crippen LogP) is 3.23. The number of benzene rings is 1. The van der Waals surface area contributed by atoms with Crippen LogP contribution in [0.2, 0.25) is 0 Å². The van der Waals surface area contributed by atoms with Crippen LogP contribution in [0.1, 0.15) is 25.1 Å². The van der Waals surface area contributed by atoms with Crippen molar-refractivity contribution < 1.29 is 9.53 Å². The van der Waals surface area contributed by atoms with Gasteiger partial charge in [-0.25, -0.2) is 9.78 Å². The first-order valence-electron chi connectivity index (χ1n) is 6.56. The monoisotopic (exact) mass is 305 g/mol. The molecule has 0 atom stereocenters. The number of carbonyl (C=O) groups excluding carboxylic acids is 1. The maximum atomic E-state index is 11.3. The standard InChI is InChI=1S/C15H19N3O2S/c1-15(2,10-5-7-11(20-4)8-6-10)12-9-21-14(17-12)18-13(19)16-3/h5-9H,1-4H3,(H2,16,17,18,19). The number of aromatic nitrogens is 1. The molecule has 0 aliphatic rings. The quantitative estimate of drug-likeness (QED) is 0.911. The van der Waals surface area contributed by atoms with Gasteiger partial charge in [0.05, 0.1) is 12.8 Å². The van der Waals surface area contributed by atoms with Crippen LogP contribution in [-0.2, 0) is 5.41 Å².